The Morgan fingerprint density at radius 2 is 1.95 bits per heavy atom. The molecule has 6 heteroatoms. The third-order valence-corrected chi connectivity index (χ3v) is 2.83. The van der Waals surface area contributed by atoms with Gasteiger partial charge in [-0.15, -0.1) is 0 Å². The molecule has 19 heavy (non-hydrogen) atoms. The number of ether oxygens (including phenoxy) is 1. The van der Waals surface area contributed by atoms with E-state index >= 15 is 0 Å². The Balaban J connectivity index is 3.22. The molecule has 0 aromatic heterocycles. The Morgan fingerprint density at radius 3 is 2.42 bits per heavy atom. The molecule has 1 aromatic rings. The van der Waals surface area contributed by atoms with Crippen LogP contribution in [-0.2, 0) is 9.59 Å². The van der Waals surface area contributed by atoms with Crippen LogP contribution in [0.3, 0.4) is 0 Å². The van der Waals surface area contributed by atoms with Gasteiger partial charge in [-0.05, 0) is 31.0 Å². The average Bonchev–Trinajstić information content (AvgIpc) is 2.35. The van der Waals surface area contributed by atoms with Gasteiger partial charge in [-0.3, -0.25) is 4.79 Å². The van der Waals surface area contributed by atoms with Crippen molar-refractivity contribution < 1.29 is 19.4 Å². The predicted molar refractivity (Wildman–Crippen MR) is 71.5 cm³/mol. The topological polar surface area (TPSA) is 92.9 Å². The second kappa shape index (κ2) is 5.71. The summed E-state index contributed by atoms with van der Waals surface area (Å²) in [7, 11) is 2.97. The standard InChI is InChI=1S/C13H18N2O4/c1-7-5-8(2)11(19-4)9(6-7)15(3)12(16)10(14)13(17)18/h5-6,10H,14H2,1-4H3,(H,17,18). The van der Waals surface area contributed by atoms with E-state index in [1.807, 2.05) is 19.9 Å². The molecule has 0 aliphatic heterocycles. The Morgan fingerprint density at radius 1 is 1.37 bits per heavy atom. The number of amides is 1. The molecule has 0 saturated heterocycles. The number of hydrogen-bond donors (Lipinski definition) is 2. The van der Waals surface area contributed by atoms with E-state index in [1.54, 1.807) is 6.07 Å². The molecule has 104 valence electrons. The number of carboxylic acid groups (broad SMARTS) is 1. The fourth-order valence-electron chi connectivity index (χ4n) is 1.88. The van der Waals surface area contributed by atoms with Crippen LogP contribution in [-0.4, -0.2) is 37.2 Å². The summed E-state index contributed by atoms with van der Waals surface area (Å²) in [6.07, 6.45) is 0. The summed E-state index contributed by atoms with van der Waals surface area (Å²) in [5.74, 6) is -1.53. The van der Waals surface area contributed by atoms with E-state index < -0.39 is 17.9 Å². The SMILES string of the molecule is COc1c(C)cc(C)cc1N(C)C(=O)C(N)C(=O)O. The second-order valence-electron chi connectivity index (χ2n) is 4.35. The molecule has 0 radical (unpaired) electrons. The molecule has 1 atom stereocenters. The highest BCUT2D eigenvalue weighted by atomic mass is 16.5. The van der Waals surface area contributed by atoms with Crippen molar-refractivity contribution >= 4 is 17.6 Å². The zero-order chi connectivity index (χ0) is 14.7. The van der Waals surface area contributed by atoms with Crippen molar-refractivity contribution in [2.45, 2.75) is 19.9 Å². The van der Waals surface area contributed by atoms with E-state index in [0.717, 1.165) is 11.1 Å². The number of aliphatic carboxylic acids is 1. The van der Waals surface area contributed by atoms with Gasteiger partial charge in [0.2, 0.25) is 0 Å². The van der Waals surface area contributed by atoms with Crippen LogP contribution in [0, 0.1) is 13.8 Å². The van der Waals surface area contributed by atoms with Crippen molar-refractivity contribution in [1.29, 1.82) is 0 Å². The van der Waals surface area contributed by atoms with E-state index in [0.29, 0.717) is 11.4 Å². The molecule has 0 aliphatic rings. The molecular formula is C13H18N2O4. The van der Waals surface area contributed by atoms with Gasteiger partial charge in [0.25, 0.3) is 5.91 Å². The number of nitrogens with two attached hydrogens (primary N) is 1. The van der Waals surface area contributed by atoms with Crippen molar-refractivity contribution in [3.05, 3.63) is 23.3 Å². The minimum atomic E-state index is -1.59. The highest BCUT2D eigenvalue weighted by molar-refractivity contribution is 6.09. The molecule has 1 amide bonds. The number of carbonyl (C=O) groups is 2. The Hall–Kier alpha value is -2.08. The van der Waals surface area contributed by atoms with E-state index in [2.05, 4.69) is 0 Å². The maximum absolute atomic E-state index is 11.9. The van der Waals surface area contributed by atoms with E-state index in [9.17, 15) is 9.59 Å². The normalized spacial score (nSPS) is 11.8. The largest absolute Gasteiger partial charge is 0.494 e. The fraction of sp³-hybridized carbons (Fsp3) is 0.385. The lowest BCUT2D eigenvalue weighted by Crippen LogP contribution is -2.47. The van der Waals surface area contributed by atoms with Gasteiger partial charge < -0.3 is 20.5 Å². The Kier molecular flexibility index (Phi) is 4.50. The summed E-state index contributed by atoms with van der Waals surface area (Å²) in [6.45, 7) is 3.73. The van der Waals surface area contributed by atoms with Crippen molar-refractivity contribution in [1.82, 2.24) is 0 Å². The van der Waals surface area contributed by atoms with Crippen molar-refractivity contribution in [3.63, 3.8) is 0 Å². The lowest BCUT2D eigenvalue weighted by molar-refractivity contribution is -0.142. The monoisotopic (exact) mass is 266 g/mol. The number of carboxylic acids is 1. The smallest absolute Gasteiger partial charge is 0.330 e. The van der Waals surface area contributed by atoms with Gasteiger partial charge in [-0.1, -0.05) is 6.07 Å². The van der Waals surface area contributed by atoms with Crippen LogP contribution in [0.25, 0.3) is 0 Å². The van der Waals surface area contributed by atoms with E-state index in [-0.39, 0.29) is 0 Å². The number of carbonyl (C=O) groups excluding carboxylic acids is 1. The maximum Gasteiger partial charge on any atom is 0.330 e. The first-order valence-electron chi connectivity index (χ1n) is 5.70. The number of likely N-dealkylation sites (N-methyl/N-ethyl adjacent to an activating group) is 1. The predicted octanol–water partition coefficient (Wildman–Crippen LogP) is 0.687. The fourth-order valence-corrected chi connectivity index (χ4v) is 1.88. The molecule has 0 saturated carbocycles. The molecule has 1 aromatic carbocycles. The van der Waals surface area contributed by atoms with Gasteiger partial charge in [0.1, 0.15) is 5.75 Å². The molecule has 1 rings (SSSR count). The Labute approximate surface area is 111 Å². The van der Waals surface area contributed by atoms with Crippen LogP contribution in [0.2, 0.25) is 0 Å². The first-order valence-corrected chi connectivity index (χ1v) is 5.70. The third-order valence-electron chi connectivity index (χ3n) is 2.83. The van der Waals surface area contributed by atoms with Gasteiger partial charge in [0.05, 0.1) is 12.8 Å². The van der Waals surface area contributed by atoms with Crippen LogP contribution in [0.4, 0.5) is 5.69 Å². The second-order valence-corrected chi connectivity index (χ2v) is 4.35. The lowest BCUT2D eigenvalue weighted by Gasteiger charge is -2.23. The van der Waals surface area contributed by atoms with E-state index in [4.69, 9.17) is 15.6 Å². The highest BCUT2D eigenvalue weighted by Crippen LogP contribution is 2.32. The molecule has 0 aliphatic carbocycles. The number of methoxy groups -OCH3 is 1. The number of aryl methyl sites for hydroxylation is 2. The van der Waals surface area contributed by atoms with Gasteiger partial charge in [-0.25, -0.2) is 4.79 Å². The van der Waals surface area contributed by atoms with Gasteiger partial charge in [0, 0.05) is 7.05 Å². The van der Waals surface area contributed by atoms with E-state index in [1.165, 1.54) is 19.1 Å². The third kappa shape index (κ3) is 3.03. The number of rotatable bonds is 4. The van der Waals surface area contributed by atoms with Gasteiger partial charge >= 0.3 is 5.97 Å². The molecule has 0 heterocycles. The van der Waals surface area contributed by atoms with Crippen molar-refractivity contribution in [2.75, 3.05) is 19.1 Å². The molecule has 0 spiro atoms. The number of nitrogens with zero attached hydrogens (tertiary/aromatic N) is 1. The van der Waals surface area contributed by atoms with Crippen LogP contribution in [0.5, 0.6) is 5.75 Å². The summed E-state index contributed by atoms with van der Waals surface area (Å²) in [5.41, 5.74) is 7.64. The summed E-state index contributed by atoms with van der Waals surface area (Å²) in [4.78, 5) is 23.9. The van der Waals surface area contributed by atoms with Crippen molar-refractivity contribution in [2.24, 2.45) is 5.73 Å². The molecule has 0 fully saturated rings. The molecular weight excluding hydrogens is 248 g/mol. The maximum atomic E-state index is 11.9. The van der Waals surface area contributed by atoms with Crippen LogP contribution in [0.1, 0.15) is 11.1 Å². The quantitative estimate of drug-likeness (QED) is 0.782. The average molecular weight is 266 g/mol. The first kappa shape index (κ1) is 15.0. The summed E-state index contributed by atoms with van der Waals surface area (Å²) in [5, 5.41) is 8.78. The lowest BCUT2D eigenvalue weighted by atomic mass is 10.1. The molecule has 6 nitrogen and oxygen atoms in total. The zero-order valence-corrected chi connectivity index (χ0v) is 11.4. The highest BCUT2D eigenvalue weighted by Gasteiger charge is 2.27. The minimum absolute atomic E-state index is 0.502. The number of anilines is 1. The summed E-state index contributed by atoms with van der Waals surface area (Å²) < 4.78 is 5.26. The molecule has 3 N–H and O–H groups in total. The molecule has 1 unspecified atom stereocenters. The van der Waals surface area contributed by atoms with Crippen LogP contribution in [0.15, 0.2) is 12.1 Å². The van der Waals surface area contributed by atoms with Crippen LogP contribution < -0.4 is 15.4 Å². The number of benzene rings is 1. The van der Waals surface area contributed by atoms with Crippen molar-refractivity contribution in [3.8, 4) is 5.75 Å². The van der Waals surface area contributed by atoms with Gasteiger partial charge in [0.15, 0.2) is 6.04 Å². The van der Waals surface area contributed by atoms with Crippen LogP contribution >= 0.6 is 0 Å². The number of hydrogen-bond acceptors (Lipinski definition) is 4. The molecule has 0 bridgehead atoms. The van der Waals surface area contributed by atoms with Gasteiger partial charge in [-0.2, -0.15) is 0 Å². The first-order chi connectivity index (χ1) is 8.79. The minimum Gasteiger partial charge on any atom is -0.494 e. The summed E-state index contributed by atoms with van der Waals surface area (Å²) in [6, 6.07) is 2.08. The summed E-state index contributed by atoms with van der Waals surface area (Å²) >= 11 is 0. The zero-order valence-electron chi connectivity index (χ0n) is 11.4. The Bertz CT molecular complexity index is 514.